The minimum Gasteiger partial charge on any atom is -0.459 e. The largest absolute Gasteiger partial charge is 0.459 e. The van der Waals surface area contributed by atoms with Crippen LogP contribution in [0.2, 0.25) is 0 Å². The minimum atomic E-state index is -1.09. The number of carbonyl (C=O) groups excluding carboxylic acids is 2. The van der Waals surface area contributed by atoms with Gasteiger partial charge in [-0.1, -0.05) is 17.2 Å². The molecule has 1 aliphatic carbocycles. The first-order chi connectivity index (χ1) is 12.6. The Morgan fingerprint density at radius 2 is 1.93 bits per heavy atom. The summed E-state index contributed by atoms with van der Waals surface area (Å²) >= 11 is 0. The Hall–Kier alpha value is -1.88. The molecule has 1 aliphatic heterocycles. The summed E-state index contributed by atoms with van der Waals surface area (Å²) in [4.78, 5) is 23.5. The smallest absolute Gasteiger partial charge is 0.334 e. The van der Waals surface area contributed by atoms with E-state index in [1.54, 1.807) is 6.92 Å². The maximum absolute atomic E-state index is 12.0. The van der Waals surface area contributed by atoms with E-state index in [2.05, 4.69) is 13.0 Å². The molecule has 27 heavy (non-hydrogen) atoms. The number of allylic oxidation sites excluding steroid dienone is 3. The predicted molar refractivity (Wildman–Crippen MR) is 104 cm³/mol. The highest BCUT2D eigenvalue weighted by atomic mass is 16.6. The summed E-state index contributed by atoms with van der Waals surface area (Å²) in [5.41, 5.74) is 2.94. The number of carbonyl (C=O) groups is 2. The second-order valence-corrected chi connectivity index (χ2v) is 8.07. The molecule has 3 atom stereocenters. The van der Waals surface area contributed by atoms with Crippen LogP contribution in [0.3, 0.4) is 0 Å². The van der Waals surface area contributed by atoms with Crippen molar-refractivity contribution < 1.29 is 24.2 Å². The minimum absolute atomic E-state index is 0.245. The molecule has 0 unspecified atom stereocenters. The van der Waals surface area contributed by atoms with Gasteiger partial charge in [-0.3, -0.25) is 4.79 Å². The lowest BCUT2D eigenvalue weighted by Gasteiger charge is -2.32. The summed E-state index contributed by atoms with van der Waals surface area (Å²) in [6.45, 7) is 8.98. The molecule has 5 heteroatoms. The topological polar surface area (TPSA) is 72.8 Å². The predicted octanol–water partition coefficient (Wildman–Crippen LogP) is 4.16. The molecule has 0 spiro atoms. The number of hydrogen-bond acceptors (Lipinski definition) is 5. The quantitative estimate of drug-likeness (QED) is 0.549. The average molecular weight is 376 g/mol. The van der Waals surface area contributed by atoms with E-state index in [9.17, 15) is 14.7 Å². The van der Waals surface area contributed by atoms with Crippen molar-refractivity contribution in [1.82, 2.24) is 0 Å². The van der Waals surface area contributed by atoms with Crippen LogP contribution >= 0.6 is 0 Å². The Bertz CT molecular complexity index is 681. The highest BCUT2D eigenvalue weighted by Gasteiger charge is 2.34. The first kappa shape index (κ1) is 21.4. The zero-order valence-electron chi connectivity index (χ0n) is 17.1. The van der Waals surface area contributed by atoms with Crippen molar-refractivity contribution in [1.29, 1.82) is 0 Å². The highest BCUT2D eigenvalue weighted by Crippen LogP contribution is 2.31. The maximum atomic E-state index is 12.0. The summed E-state index contributed by atoms with van der Waals surface area (Å²) in [7, 11) is 0. The van der Waals surface area contributed by atoms with Crippen LogP contribution in [-0.2, 0) is 19.1 Å². The molecular formula is C22H32O5. The first-order valence-electron chi connectivity index (χ1n) is 9.73. The lowest BCUT2D eigenvalue weighted by Crippen LogP contribution is -2.42. The molecule has 150 valence electrons. The van der Waals surface area contributed by atoms with Gasteiger partial charge in [0.2, 0.25) is 0 Å². The van der Waals surface area contributed by atoms with Gasteiger partial charge in [0.15, 0.2) is 0 Å². The zero-order valence-corrected chi connectivity index (χ0v) is 17.1. The molecule has 0 radical (unpaired) electrons. The molecule has 0 aromatic heterocycles. The van der Waals surface area contributed by atoms with Crippen molar-refractivity contribution in [3.05, 3.63) is 34.4 Å². The van der Waals surface area contributed by atoms with Gasteiger partial charge in [-0.2, -0.15) is 0 Å². The van der Waals surface area contributed by atoms with Crippen molar-refractivity contribution in [2.45, 2.75) is 91.0 Å². The van der Waals surface area contributed by atoms with Crippen molar-refractivity contribution in [2.75, 3.05) is 0 Å². The van der Waals surface area contributed by atoms with Crippen molar-refractivity contribution in [3.63, 3.8) is 0 Å². The summed E-state index contributed by atoms with van der Waals surface area (Å²) in [5.74, 6) is -0.633. The standard InChI is InChI=1S/C22H32O5/c1-14-7-6-12-22(5,25)20(26-17(4)23)11-9-15(2)13-19-18(10-8-14)16(3)21(24)27-19/h7,13,19-20,25H,6,8-12H2,1-5H3/b14-7+,15-13+/t19-,20-,22-/m0/s1. The Balaban J connectivity index is 2.30. The zero-order chi connectivity index (χ0) is 20.2. The Kier molecular flexibility index (Phi) is 7.04. The highest BCUT2D eigenvalue weighted by molar-refractivity contribution is 5.92. The fourth-order valence-corrected chi connectivity index (χ4v) is 3.69. The number of aliphatic hydroxyl groups is 1. The Morgan fingerprint density at radius 1 is 1.22 bits per heavy atom. The van der Waals surface area contributed by atoms with Crippen LogP contribution in [0.25, 0.3) is 0 Å². The molecule has 0 fully saturated rings. The Morgan fingerprint density at radius 3 is 2.59 bits per heavy atom. The molecule has 1 heterocycles. The second-order valence-electron chi connectivity index (χ2n) is 8.07. The van der Waals surface area contributed by atoms with E-state index in [4.69, 9.17) is 9.47 Å². The molecule has 1 N–H and O–H groups in total. The summed E-state index contributed by atoms with van der Waals surface area (Å²) in [6.07, 6.45) is 7.27. The van der Waals surface area contributed by atoms with Crippen LogP contribution in [0.4, 0.5) is 0 Å². The van der Waals surface area contributed by atoms with Crippen LogP contribution in [0, 0.1) is 0 Å². The van der Waals surface area contributed by atoms with Gasteiger partial charge in [0.1, 0.15) is 12.2 Å². The van der Waals surface area contributed by atoms with E-state index < -0.39 is 11.7 Å². The van der Waals surface area contributed by atoms with Crippen LogP contribution in [0.5, 0.6) is 0 Å². The van der Waals surface area contributed by atoms with E-state index in [1.165, 1.54) is 12.5 Å². The van der Waals surface area contributed by atoms with Gasteiger partial charge < -0.3 is 14.6 Å². The van der Waals surface area contributed by atoms with Gasteiger partial charge in [-0.15, -0.1) is 0 Å². The monoisotopic (exact) mass is 376 g/mol. The third kappa shape index (κ3) is 5.80. The van der Waals surface area contributed by atoms with Crippen LogP contribution in [0.1, 0.15) is 73.1 Å². The normalized spacial score (nSPS) is 34.5. The van der Waals surface area contributed by atoms with E-state index in [0.29, 0.717) is 31.3 Å². The third-order valence-corrected chi connectivity index (χ3v) is 5.54. The van der Waals surface area contributed by atoms with Gasteiger partial charge in [-0.05, 0) is 77.9 Å². The summed E-state index contributed by atoms with van der Waals surface area (Å²) < 4.78 is 11.0. The average Bonchev–Trinajstić information content (AvgIpc) is 2.82. The third-order valence-electron chi connectivity index (χ3n) is 5.54. The van der Waals surface area contributed by atoms with Gasteiger partial charge in [-0.25, -0.2) is 4.79 Å². The number of hydrogen-bond donors (Lipinski definition) is 1. The molecule has 2 rings (SSSR count). The van der Waals surface area contributed by atoms with E-state index in [-0.39, 0.29) is 18.0 Å². The van der Waals surface area contributed by atoms with E-state index in [1.807, 2.05) is 19.9 Å². The molecule has 0 saturated heterocycles. The van der Waals surface area contributed by atoms with Crippen molar-refractivity contribution in [3.8, 4) is 0 Å². The van der Waals surface area contributed by atoms with Crippen molar-refractivity contribution in [2.24, 2.45) is 0 Å². The van der Waals surface area contributed by atoms with Crippen LogP contribution in [0.15, 0.2) is 34.4 Å². The van der Waals surface area contributed by atoms with Gasteiger partial charge in [0.25, 0.3) is 0 Å². The molecule has 0 aromatic carbocycles. The van der Waals surface area contributed by atoms with E-state index in [0.717, 1.165) is 24.0 Å². The molecule has 0 amide bonds. The Labute approximate surface area is 162 Å². The number of fused-ring (bicyclic) bond motifs is 1. The van der Waals surface area contributed by atoms with Gasteiger partial charge in [0, 0.05) is 12.5 Å². The number of rotatable bonds is 1. The molecule has 5 nitrogen and oxygen atoms in total. The molecular weight excluding hydrogens is 344 g/mol. The van der Waals surface area contributed by atoms with Gasteiger partial charge in [0.05, 0.1) is 5.60 Å². The number of ether oxygens (including phenoxy) is 2. The fraction of sp³-hybridized carbons (Fsp3) is 0.636. The lowest BCUT2D eigenvalue weighted by atomic mass is 9.87. The van der Waals surface area contributed by atoms with Crippen LogP contribution in [-0.4, -0.2) is 34.9 Å². The SMILES string of the molecule is CC(=O)O[C@H]1CC/C(C)=C/[C@@H]2OC(=O)C(C)=C2CC/C(C)=C/CC[C@]1(C)O. The fourth-order valence-electron chi connectivity index (χ4n) is 3.69. The molecule has 0 bridgehead atoms. The van der Waals surface area contributed by atoms with E-state index >= 15 is 0 Å². The number of esters is 2. The summed E-state index contributed by atoms with van der Waals surface area (Å²) in [6, 6.07) is 0. The van der Waals surface area contributed by atoms with Crippen LogP contribution < -0.4 is 0 Å². The van der Waals surface area contributed by atoms with Gasteiger partial charge >= 0.3 is 11.9 Å². The maximum Gasteiger partial charge on any atom is 0.334 e. The molecule has 2 aliphatic rings. The first-order valence-corrected chi connectivity index (χ1v) is 9.73. The summed E-state index contributed by atoms with van der Waals surface area (Å²) in [5, 5.41) is 10.9. The lowest BCUT2D eigenvalue weighted by molar-refractivity contribution is -0.162. The molecule has 0 saturated carbocycles. The van der Waals surface area contributed by atoms with Crippen molar-refractivity contribution >= 4 is 11.9 Å². The molecule has 0 aromatic rings. The second kappa shape index (κ2) is 8.87.